The first-order valence-corrected chi connectivity index (χ1v) is 12.9. The van der Waals surface area contributed by atoms with Crippen molar-refractivity contribution in [2.45, 2.75) is 20.4 Å². The van der Waals surface area contributed by atoms with E-state index in [0.29, 0.717) is 6.54 Å². The molecule has 1 aliphatic rings. The molecule has 0 bridgehead atoms. The van der Waals surface area contributed by atoms with Crippen LogP contribution in [0.3, 0.4) is 0 Å². The number of fused-ring (bicyclic) bond motifs is 1. The number of anilines is 1. The summed E-state index contributed by atoms with van der Waals surface area (Å²) < 4.78 is 21.5. The quantitative estimate of drug-likeness (QED) is 0.324. The van der Waals surface area contributed by atoms with Gasteiger partial charge in [-0.3, -0.25) is 4.68 Å². The van der Waals surface area contributed by atoms with Crippen LogP contribution in [0.15, 0.2) is 60.9 Å². The number of nitrogens with one attached hydrogen (secondary N) is 2. The van der Waals surface area contributed by atoms with Crippen molar-refractivity contribution in [1.82, 2.24) is 25.1 Å². The summed E-state index contributed by atoms with van der Waals surface area (Å²) in [5.41, 5.74) is 8.97. The summed E-state index contributed by atoms with van der Waals surface area (Å²) in [5, 5.41) is 9.22. The highest BCUT2D eigenvalue weighted by molar-refractivity contribution is 5.97. The van der Waals surface area contributed by atoms with E-state index in [-0.39, 0.29) is 5.82 Å². The first kappa shape index (κ1) is 24.2. The van der Waals surface area contributed by atoms with E-state index < -0.39 is 0 Å². The van der Waals surface area contributed by atoms with E-state index in [1.807, 2.05) is 30.1 Å². The van der Waals surface area contributed by atoms with Crippen LogP contribution in [0, 0.1) is 19.7 Å². The zero-order chi connectivity index (χ0) is 26.2. The topological polar surface area (TPSA) is 71.0 Å². The Morgan fingerprint density at radius 1 is 1.03 bits per heavy atom. The molecular formula is C30H31FN6O. The number of aromatic nitrogens is 4. The molecule has 0 spiro atoms. The molecule has 1 fully saturated rings. The minimum atomic E-state index is -0.239. The van der Waals surface area contributed by atoms with Crippen LogP contribution >= 0.6 is 0 Å². The van der Waals surface area contributed by atoms with Gasteiger partial charge in [-0.25, -0.2) is 9.37 Å². The number of aromatic amines is 1. The second kappa shape index (κ2) is 9.95. The molecule has 1 saturated heterocycles. The third kappa shape index (κ3) is 4.41. The molecule has 194 valence electrons. The first-order valence-electron chi connectivity index (χ1n) is 12.9. The molecule has 2 N–H and O–H groups in total. The van der Waals surface area contributed by atoms with Crippen molar-refractivity contribution in [3.05, 3.63) is 83.7 Å². The highest BCUT2D eigenvalue weighted by Crippen LogP contribution is 2.37. The minimum Gasteiger partial charge on any atom is -0.495 e. The summed E-state index contributed by atoms with van der Waals surface area (Å²) in [6, 6.07) is 15.2. The Bertz CT molecular complexity index is 1610. The van der Waals surface area contributed by atoms with Gasteiger partial charge in [0.25, 0.3) is 0 Å². The summed E-state index contributed by atoms with van der Waals surface area (Å²) in [7, 11) is 1.73. The molecule has 3 aromatic heterocycles. The average molecular weight is 511 g/mol. The number of nitrogens with zero attached hydrogens (tertiary/aromatic N) is 4. The number of hydrogen-bond acceptors (Lipinski definition) is 5. The normalized spacial score (nSPS) is 13.8. The minimum absolute atomic E-state index is 0.239. The Hall–Kier alpha value is -4.17. The molecule has 0 unspecified atom stereocenters. The smallest absolute Gasteiger partial charge is 0.142 e. The number of hydrogen-bond donors (Lipinski definition) is 2. The lowest BCUT2D eigenvalue weighted by molar-refractivity contribution is 0.413. The SMILES string of the molecule is COc1cc(-c2cnc3[nH]cc(-c4c(C)nn(Cc5cccc(F)c5)c4C)c3c2)ccc1N1CCNCC1. The molecule has 0 amide bonds. The van der Waals surface area contributed by atoms with E-state index in [9.17, 15) is 4.39 Å². The molecule has 38 heavy (non-hydrogen) atoms. The van der Waals surface area contributed by atoms with Gasteiger partial charge in [0.2, 0.25) is 0 Å². The number of halogens is 1. The van der Waals surface area contributed by atoms with Crippen molar-refractivity contribution >= 4 is 16.7 Å². The maximum atomic E-state index is 13.7. The van der Waals surface area contributed by atoms with Crippen molar-refractivity contribution in [2.75, 3.05) is 38.2 Å². The molecule has 0 saturated carbocycles. The van der Waals surface area contributed by atoms with E-state index in [1.165, 1.54) is 6.07 Å². The monoisotopic (exact) mass is 510 g/mol. The van der Waals surface area contributed by atoms with Gasteiger partial charge in [-0.1, -0.05) is 18.2 Å². The van der Waals surface area contributed by atoms with Gasteiger partial charge in [0.15, 0.2) is 0 Å². The number of aryl methyl sites for hydroxylation is 1. The standard InChI is InChI=1S/C30H31FN6O/c1-19-29(20(2)37(35-19)18-21-5-4-6-24(31)13-21)26-17-34-30-25(26)14-23(16-33-30)22-7-8-27(28(15-22)38-3)36-11-9-32-10-12-36/h4-8,13-17,32H,9-12,18H2,1-3H3,(H,33,34). The lowest BCUT2D eigenvalue weighted by atomic mass is 10.0. The largest absolute Gasteiger partial charge is 0.495 e. The van der Waals surface area contributed by atoms with Crippen LogP contribution in [0.25, 0.3) is 33.3 Å². The van der Waals surface area contributed by atoms with Crippen LogP contribution in [-0.4, -0.2) is 53.0 Å². The number of pyridine rings is 1. The fourth-order valence-electron chi connectivity index (χ4n) is 5.44. The summed E-state index contributed by atoms with van der Waals surface area (Å²) in [5.74, 6) is 0.626. The van der Waals surface area contributed by atoms with Gasteiger partial charge in [0.1, 0.15) is 17.2 Å². The second-order valence-corrected chi connectivity index (χ2v) is 9.78. The van der Waals surface area contributed by atoms with Gasteiger partial charge in [-0.2, -0.15) is 5.10 Å². The zero-order valence-electron chi connectivity index (χ0n) is 21.9. The maximum Gasteiger partial charge on any atom is 0.142 e. The van der Waals surface area contributed by atoms with E-state index in [0.717, 1.165) is 87.9 Å². The lowest BCUT2D eigenvalue weighted by Crippen LogP contribution is -2.43. The first-order chi connectivity index (χ1) is 18.5. The third-order valence-electron chi connectivity index (χ3n) is 7.37. The second-order valence-electron chi connectivity index (χ2n) is 9.78. The molecule has 4 heterocycles. The maximum absolute atomic E-state index is 13.7. The van der Waals surface area contributed by atoms with Crippen LogP contribution in [-0.2, 0) is 6.54 Å². The Balaban J connectivity index is 1.37. The fraction of sp³-hybridized carbons (Fsp3) is 0.267. The van der Waals surface area contributed by atoms with E-state index in [1.54, 1.807) is 19.2 Å². The van der Waals surface area contributed by atoms with E-state index in [2.05, 4.69) is 46.4 Å². The van der Waals surface area contributed by atoms with Gasteiger partial charge in [0.05, 0.1) is 25.0 Å². The average Bonchev–Trinajstić information content (AvgIpc) is 3.47. The molecule has 7 nitrogen and oxygen atoms in total. The number of H-pyrrole nitrogens is 1. The van der Waals surface area contributed by atoms with E-state index in [4.69, 9.17) is 14.8 Å². The number of ether oxygens (including phenoxy) is 1. The molecule has 8 heteroatoms. The molecule has 1 aliphatic heterocycles. The third-order valence-corrected chi connectivity index (χ3v) is 7.37. The zero-order valence-corrected chi connectivity index (χ0v) is 21.9. The number of rotatable bonds is 6. The summed E-state index contributed by atoms with van der Waals surface area (Å²) >= 11 is 0. The van der Waals surface area contributed by atoms with Crippen molar-refractivity contribution < 1.29 is 9.13 Å². The van der Waals surface area contributed by atoms with Crippen LogP contribution in [0.1, 0.15) is 17.0 Å². The highest BCUT2D eigenvalue weighted by atomic mass is 19.1. The Kier molecular flexibility index (Phi) is 6.33. The Morgan fingerprint density at radius 3 is 2.66 bits per heavy atom. The van der Waals surface area contributed by atoms with Crippen LogP contribution in [0.2, 0.25) is 0 Å². The van der Waals surface area contributed by atoms with Crippen LogP contribution in [0.5, 0.6) is 5.75 Å². The van der Waals surface area contributed by atoms with Crippen molar-refractivity contribution in [3.8, 4) is 28.0 Å². The van der Waals surface area contributed by atoms with Gasteiger partial charge in [-0.05, 0) is 55.3 Å². The lowest BCUT2D eigenvalue weighted by Gasteiger charge is -2.30. The van der Waals surface area contributed by atoms with Crippen molar-refractivity contribution in [2.24, 2.45) is 0 Å². The molecule has 0 radical (unpaired) electrons. The van der Waals surface area contributed by atoms with Crippen molar-refractivity contribution in [1.29, 1.82) is 0 Å². The summed E-state index contributed by atoms with van der Waals surface area (Å²) in [4.78, 5) is 10.4. The van der Waals surface area contributed by atoms with Gasteiger partial charge in [0, 0.05) is 66.3 Å². The van der Waals surface area contributed by atoms with Crippen LogP contribution in [0.4, 0.5) is 10.1 Å². The van der Waals surface area contributed by atoms with Crippen LogP contribution < -0.4 is 15.0 Å². The Morgan fingerprint density at radius 2 is 1.87 bits per heavy atom. The molecule has 6 rings (SSSR count). The molecule has 5 aromatic rings. The van der Waals surface area contributed by atoms with Gasteiger partial charge in [-0.15, -0.1) is 0 Å². The predicted octanol–water partition coefficient (Wildman–Crippen LogP) is 5.32. The number of piperazine rings is 1. The fourth-order valence-corrected chi connectivity index (χ4v) is 5.44. The highest BCUT2D eigenvalue weighted by Gasteiger charge is 2.19. The number of methoxy groups -OCH3 is 1. The summed E-state index contributed by atoms with van der Waals surface area (Å²) in [6.07, 6.45) is 3.90. The van der Waals surface area contributed by atoms with Gasteiger partial charge < -0.3 is 19.9 Å². The molecule has 2 aromatic carbocycles. The number of benzene rings is 2. The molecule has 0 atom stereocenters. The molecular weight excluding hydrogens is 479 g/mol. The Labute approximate surface area is 221 Å². The summed E-state index contributed by atoms with van der Waals surface area (Å²) in [6.45, 7) is 8.45. The molecule has 0 aliphatic carbocycles. The van der Waals surface area contributed by atoms with Gasteiger partial charge >= 0.3 is 0 Å². The van der Waals surface area contributed by atoms with E-state index >= 15 is 0 Å². The predicted molar refractivity (Wildman–Crippen MR) is 149 cm³/mol. The van der Waals surface area contributed by atoms with Crippen molar-refractivity contribution in [3.63, 3.8) is 0 Å².